The number of esters is 1. The van der Waals surface area contributed by atoms with Crippen LogP contribution in [0, 0.1) is 12.8 Å². The Morgan fingerprint density at radius 1 is 1.21 bits per heavy atom. The Bertz CT molecular complexity index is 830. The van der Waals surface area contributed by atoms with Gasteiger partial charge < -0.3 is 10.1 Å². The SMILES string of the molecule is CNc1ccc(-c2cnn(CC3CCCCC3)c2C)c(C(=O)OC(C)(C)C)n1. The first kappa shape index (κ1) is 20.4. The minimum Gasteiger partial charge on any atom is -0.455 e. The maximum atomic E-state index is 12.8. The monoisotopic (exact) mass is 384 g/mol. The molecule has 6 nitrogen and oxygen atoms in total. The van der Waals surface area contributed by atoms with E-state index in [1.807, 2.05) is 39.1 Å². The van der Waals surface area contributed by atoms with Gasteiger partial charge in [-0.2, -0.15) is 5.10 Å². The number of carbonyl (C=O) groups excluding carboxylic acids is 1. The summed E-state index contributed by atoms with van der Waals surface area (Å²) in [6.45, 7) is 8.59. The van der Waals surface area contributed by atoms with Crippen LogP contribution < -0.4 is 5.32 Å². The van der Waals surface area contributed by atoms with Crippen molar-refractivity contribution in [1.82, 2.24) is 14.8 Å². The highest BCUT2D eigenvalue weighted by Crippen LogP contribution is 2.30. The lowest BCUT2D eigenvalue weighted by Gasteiger charge is -2.22. The molecule has 0 atom stereocenters. The molecule has 2 aromatic heterocycles. The fourth-order valence-electron chi connectivity index (χ4n) is 3.81. The molecule has 1 aliphatic rings. The van der Waals surface area contributed by atoms with Crippen LogP contribution in [0.5, 0.6) is 0 Å². The third-order valence-electron chi connectivity index (χ3n) is 5.29. The molecule has 1 fully saturated rings. The standard InChI is InChI=1S/C22H32N4O2/c1-15-18(13-24-26(15)14-16-9-7-6-8-10-16)17-11-12-19(23-5)25-20(17)21(27)28-22(2,3)4/h11-13,16H,6-10,14H2,1-5H3,(H,23,25). The predicted octanol–water partition coefficient (Wildman–Crippen LogP) is 4.83. The summed E-state index contributed by atoms with van der Waals surface area (Å²) >= 11 is 0. The van der Waals surface area contributed by atoms with Crippen LogP contribution in [0.15, 0.2) is 18.3 Å². The second-order valence-electron chi connectivity index (χ2n) is 8.67. The van der Waals surface area contributed by atoms with Crippen LogP contribution in [0.25, 0.3) is 11.1 Å². The molecule has 28 heavy (non-hydrogen) atoms. The molecule has 0 bridgehead atoms. The number of ether oxygens (including phenoxy) is 1. The Hall–Kier alpha value is -2.37. The fraction of sp³-hybridized carbons (Fsp3) is 0.591. The van der Waals surface area contributed by atoms with Crippen molar-refractivity contribution in [2.45, 2.75) is 71.9 Å². The lowest BCUT2D eigenvalue weighted by atomic mass is 9.89. The van der Waals surface area contributed by atoms with Crippen LogP contribution in [0.1, 0.15) is 69.1 Å². The van der Waals surface area contributed by atoms with Crippen molar-refractivity contribution < 1.29 is 9.53 Å². The van der Waals surface area contributed by atoms with Crippen molar-refractivity contribution in [3.63, 3.8) is 0 Å². The highest BCUT2D eigenvalue weighted by Gasteiger charge is 2.25. The number of rotatable bonds is 5. The molecule has 0 saturated heterocycles. The topological polar surface area (TPSA) is 69.0 Å². The zero-order valence-electron chi connectivity index (χ0n) is 17.7. The minimum atomic E-state index is -0.577. The first-order valence-electron chi connectivity index (χ1n) is 10.2. The zero-order valence-corrected chi connectivity index (χ0v) is 17.7. The Balaban J connectivity index is 1.93. The molecule has 1 aliphatic carbocycles. The normalized spacial score (nSPS) is 15.5. The van der Waals surface area contributed by atoms with E-state index in [1.165, 1.54) is 32.1 Å². The van der Waals surface area contributed by atoms with Gasteiger partial charge in [0.1, 0.15) is 11.4 Å². The molecule has 2 aromatic rings. The Kier molecular flexibility index (Phi) is 6.06. The molecule has 152 valence electrons. The highest BCUT2D eigenvalue weighted by atomic mass is 16.6. The number of nitrogens with one attached hydrogen (secondary N) is 1. The van der Waals surface area contributed by atoms with E-state index in [0.29, 0.717) is 17.4 Å². The second-order valence-corrected chi connectivity index (χ2v) is 8.67. The van der Waals surface area contributed by atoms with Gasteiger partial charge in [0.2, 0.25) is 0 Å². The molecular formula is C22H32N4O2. The third-order valence-corrected chi connectivity index (χ3v) is 5.29. The van der Waals surface area contributed by atoms with Crippen molar-refractivity contribution in [2.75, 3.05) is 12.4 Å². The Morgan fingerprint density at radius 3 is 2.57 bits per heavy atom. The van der Waals surface area contributed by atoms with Crippen molar-refractivity contribution >= 4 is 11.8 Å². The van der Waals surface area contributed by atoms with Gasteiger partial charge in [-0.05, 0) is 58.6 Å². The molecule has 0 unspecified atom stereocenters. The molecule has 0 aromatic carbocycles. The summed E-state index contributed by atoms with van der Waals surface area (Å²) in [4.78, 5) is 17.3. The lowest BCUT2D eigenvalue weighted by molar-refractivity contribution is 0.00640. The lowest BCUT2D eigenvalue weighted by Crippen LogP contribution is -2.25. The van der Waals surface area contributed by atoms with Crippen LogP contribution in [0.3, 0.4) is 0 Å². The Morgan fingerprint density at radius 2 is 1.93 bits per heavy atom. The maximum Gasteiger partial charge on any atom is 0.358 e. The average Bonchev–Trinajstić information content (AvgIpc) is 3.01. The molecule has 3 rings (SSSR count). The van der Waals surface area contributed by atoms with Crippen molar-refractivity contribution in [1.29, 1.82) is 0 Å². The molecule has 1 saturated carbocycles. The molecule has 0 spiro atoms. The number of hydrogen-bond acceptors (Lipinski definition) is 5. The summed E-state index contributed by atoms with van der Waals surface area (Å²) in [6, 6.07) is 3.80. The van der Waals surface area contributed by atoms with Crippen LogP contribution in [-0.4, -0.2) is 33.4 Å². The van der Waals surface area contributed by atoms with Gasteiger partial charge in [0.15, 0.2) is 5.69 Å². The van der Waals surface area contributed by atoms with E-state index < -0.39 is 11.6 Å². The summed E-state index contributed by atoms with van der Waals surface area (Å²) in [5, 5.41) is 7.62. The third kappa shape index (κ3) is 4.72. The molecular weight excluding hydrogens is 352 g/mol. The van der Waals surface area contributed by atoms with Crippen LogP contribution in [-0.2, 0) is 11.3 Å². The molecule has 6 heteroatoms. The Labute approximate surface area is 167 Å². The number of nitrogens with zero attached hydrogens (tertiary/aromatic N) is 3. The van der Waals surface area contributed by atoms with Crippen molar-refractivity contribution in [3.05, 3.63) is 29.7 Å². The van der Waals surface area contributed by atoms with Gasteiger partial charge in [0.05, 0.1) is 6.20 Å². The molecule has 0 amide bonds. The van der Waals surface area contributed by atoms with E-state index in [1.54, 1.807) is 7.05 Å². The fourth-order valence-corrected chi connectivity index (χ4v) is 3.81. The van der Waals surface area contributed by atoms with Gasteiger partial charge in [-0.25, -0.2) is 9.78 Å². The minimum absolute atomic E-state index is 0.321. The summed E-state index contributed by atoms with van der Waals surface area (Å²) in [6.07, 6.45) is 8.38. The molecule has 2 heterocycles. The summed E-state index contributed by atoms with van der Waals surface area (Å²) in [5.74, 6) is 0.909. The summed E-state index contributed by atoms with van der Waals surface area (Å²) < 4.78 is 7.68. The van der Waals surface area contributed by atoms with Crippen LogP contribution >= 0.6 is 0 Å². The summed E-state index contributed by atoms with van der Waals surface area (Å²) in [7, 11) is 1.79. The number of hydrogen-bond donors (Lipinski definition) is 1. The van der Waals surface area contributed by atoms with E-state index in [4.69, 9.17) is 4.74 Å². The quantitative estimate of drug-likeness (QED) is 0.748. The predicted molar refractivity (Wildman–Crippen MR) is 111 cm³/mol. The molecule has 0 aliphatic heterocycles. The first-order valence-corrected chi connectivity index (χ1v) is 10.2. The van der Waals surface area contributed by atoms with Gasteiger partial charge in [-0.15, -0.1) is 0 Å². The molecule has 1 N–H and O–H groups in total. The van der Waals surface area contributed by atoms with Gasteiger partial charge >= 0.3 is 5.97 Å². The first-order chi connectivity index (χ1) is 13.3. The van der Waals surface area contributed by atoms with E-state index in [0.717, 1.165) is 23.4 Å². The van der Waals surface area contributed by atoms with Gasteiger partial charge in [0.25, 0.3) is 0 Å². The van der Waals surface area contributed by atoms with Crippen molar-refractivity contribution in [2.24, 2.45) is 5.92 Å². The van der Waals surface area contributed by atoms with E-state index in [2.05, 4.69) is 27.0 Å². The van der Waals surface area contributed by atoms with Crippen LogP contribution in [0.2, 0.25) is 0 Å². The zero-order chi connectivity index (χ0) is 20.3. The average molecular weight is 385 g/mol. The maximum absolute atomic E-state index is 12.8. The van der Waals surface area contributed by atoms with E-state index in [-0.39, 0.29) is 0 Å². The number of pyridine rings is 1. The largest absolute Gasteiger partial charge is 0.455 e. The molecule has 0 radical (unpaired) electrons. The second kappa shape index (κ2) is 8.33. The highest BCUT2D eigenvalue weighted by molar-refractivity contribution is 5.96. The number of anilines is 1. The van der Waals surface area contributed by atoms with Crippen molar-refractivity contribution in [3.8, 4) is 11.1 Å². The van der Waals surface area contributed by atoms with Gasteiger partial charge in [-0.1, -0.05) is 19.3 Å². The number of aromatic nitrogens is 3. The number of carbonyl (C=O) groups is 1. The van der Waals surface area contributed by atoms with Crippen LogP contribution in [0.4, 0.5) is 5.82 Å². The summed E-state index contributed by atoms with van der Waals surface area (Å²) in [5.41, 5.74) is 2.51. The van der Waals surface area contributed by atoms with Gasteiger partial charge in [0, 0.05) is 30.4 Å². The van der Waals surface area contributed by atoms with Gasteiger partial charge in [-0.3, -0.25) is 4.68 Å². The van der Waals surface area contributed by atoms with E-state index >= 15 is 0 Å². The van der Waals surface area contributed by atoms with E-state index in [9.17, 15) is 4.79 Å². The smallest absolute Gasteiger partial charge is 0.358 e.